The van der Waals surface area contributed by atoms with E-state index in [0.29, 0.717) is 5.57 Å². The molecular weight excluding hydrogens is 556 g/mol. The maximum atomic E-state index is 13.3. The van der Waals surface area contributed by atoms with Crippen molar-refractivity contribution in [1.82, 2.24) is 5.01 Å². The highest BCUT2D eigenvalue weighted by Crippen LogP contribution is 2.41. The topological polar surface area (TPSA) is 80.2 Å². The second kappa shape index (κ2) is 11.2. The van der Waals surface area contributed by atoms with Crippen LogP contribution in [0.1, 0.15) is 31.4 Å². The van der Waals surface area contributed by atoms with E-state index in [1.54, 1.807) is 13.8 Å². The number of rotatable bonds is 7. The first-order chi connectivity index (χ1) is 18.1. The molecule has 2 amide bonds. The number of urea groups is 1. The third kappa shape index (κ3) is 7.02. The van der Waals surface area contributed by atoms with E-state index in [0.717, 1.165) is 47.5 Å². The quantitative estimate of drug-likeness (QED) is 0.218. The maximum Gasteiger partial charge on any atom is 0.573 e. The standard InChI is InChI=1S/C25H22ClF6N3O4/c1-4-38-21(36)23(12-14(2)3)13-35(22(37)33-16-6-8-17(9-7-16)39-25(30,31)32)34-20(23)15-5-10-18(19(26)11-15)24(27,28)29/h5-11H,2,4,12-13H2,1,3H3,(H,33,37). The summed E-state index contributed by atoms with van der Waals surface area (Å²) in [5, 5.41) is 6.92. The van der Waals surface area contributed by atoms with Crippen molar-refractivity contribution >= 4 is 35.0 Å². The summed E-state index contributed by atoms with van der Waals surface area (Å²) in [6.45, 7) is 6.60. The Morgan fingerprint density at radius 2 is 1.77 bits per heavy atom. The molecule has 39 heavy (non-hydrogen) atoms. The molecule has 1 aliphatic heterocycles. The van der Waals surface area contributed by atoms with Gasteiger partial charge in [-0.2, -0.15) is 18.3 Å². The first kappa shape index (κ1) is 29.8. The lowest BCUT2D eigenvalue weighted by Gasteiger charge is -2.29. The van der Waals surface area contributed by atoms with Crippen LogP contribution in [-0.2, 0) is 15.7 Å². The van der Waals surface area contributed by atoms with Crippen LogP contribution in [0, 0.1) is 5.41 Å². The molecule has 0 saturated heterocycles. The predicted octanol–water partition coefficient (Wildman–Crippen LogP) is 7.02. The predicted molar refractivity (Wildman–Crippen MR) is 130 cm³/mol. The van der Waals surface area contributed by atoms with Gasteiger partial charge in [0.25, 0.3) is 0 Å². The minimum atomic E-state index is -4.90. The maximum absolute atomic E-state index is 13.3. The molecule has 1 aliphatic rings. The summed E-state index contributed by atoms with van der Waals surface area (Å²) in [6.07, 6.45) is -9.68. The van der Waals surface area contributed by atoms with Gasteiger partial charge >= 0.3 is 24.5 Å². The van der Waals surface area contributed by atoms with Crippen molar-refractivity contribution < 1.29 is 45.4 Å². The molecule has 3 rings (SSSR count). The number of ether oxygens (including phenoxy) is 2. The van der Waals surface area contributed by atoms with Crippen molar-refractivity contribution in [3.63, 3.8) is 0 Å². The summed E-state index contributed by atoms with van der Waals surface area (Å²) in [4.78, 5) is 26.3. The zero-order chi connectivity index (χ0) is 29.2. The molecule has 0 aliphatic carbocycles. The van der Waals surface area contributed by atoms with Gasteiger partial charge in [-0.3, -0.25) is 4.79 Å². The second-order valence-corrected chi connectivity index (χ2v) is 9.04. The fraction of sp³-hybridized carbons (Fsp3) is 0.320. The largest absolute Gasteiger partial charge is 0.573 e. The smallest absolute Gasteiger partial charge is 0.465 e. The highest BCUT2D eigenvalue weighted by molar-refractivity contribution is 6.32. The number of anilines is 1. The lowest BCUT2D eigenvalue weighted by molar-refractivity contribution is -0.274. The molecule has 0 fully saturated rings. The molecular formula is C25H22ClF6N3O4. The van der Waals surface area contributed by atoms with E-state index in [2.05, 4.69) is 21.7 Å². The molecule has 2 aromatic rings. The van der Waals surface area contributed by atoms with E-state index < -0.39 is 46.3 Å². The van der Waals surface area contributed by atoms with Crippen molar-refractivity contribution in [3.05, 3.63) is 70.8 Å². The van der Waals surface area contributed by atoms with E-state index in [4.69, 9.17) is 16.3 Å². The molecule has 0 saturated carbocycles. The zero-order valence-electron chi connectivity index (χ0n) is 20.5. The van der Waals surface area contributed by atoms with Crippen molar-refractivity contribution in [2.45, 2.75) is 32.8 Å². The average Bonchev–Trinajstić information content (AvgIpc) is 3.19. The third-order valence-electron chi connectivity index (χ3n) is 5.48. The third-order valence-corrected chi connectivity index (χ3v) is 5.80. The Balaban J connectivity index is 2.00. The molecule has 1 unspecified atom stereocenters. The number of esters is 1. The lowest BCUT2D eigenvalue weighted by atomic mass is 9.75. The SMILES string of the molecule is C=C(C)CC1(C(=O)OCC)CN(C(=O)Nc2ccc(OC(F)(F)F)cc2)N=C1c1ccc(C(F)(F)F)c(Cl)c1. The first-order valence-electron chi connectivity index (χ1n) is 11.3. The molecule has 0 bridgehead atoms. The number of carbonyl (C=O) groups is 2. The monoisotopic (exact) mass is 577 g/mol. The number of halogens is 7. The summed E-state index contributed by atoms with van der Waals surface area (Å²) < 4.78 is 86.0. The van der Waals surface area contributed by atoms with Gasteiger partial charge in [0.05, 0.1) is 29.4 Å². The molecule has 2 aromatic carbocycles. The molecule has 1 N–H and O–H groups in total. The van der Waals surface area contributed by atoms with Crippen LogP contribution < -0.4 is 10.1 Å². The number of nitrogens with one attached hydrogen (secondary N) is 1. The van der Waals surface area contributed by atoms with Gasteiger partial charge in [0.15, 0.2) is 0 Å². The Kier molecular flexibility index (Phi) is 8.53. The number of hydrogen-bond donors (Lipinski definition) is 1. The van der Waals surface area contributed by atoms with E-state index in [9.17, 15) is 35.9 Å². The van der Waals surface area contributed by atoms with Crippen LogP contribution in [-0.4, -0.2) is 42.2 Å². The minimum absolute atomic E-state index is 0.0314. The average molecular weight is 578 g/mol. The molecule has 14 heteroatoms. The molecule has 1 heterocycles. The highest BCUT2D eigenvalue weighted by Gasteiger charge is 2.52. The van der Waals surface area contributed by atoms with Crippen LogP contribution in [0.5, 0.6) is 5.75 Å². The number of allylic oxidation sites excluding steroid dienone is 1. The van der Waals surface area contributed by atoms with Gasteiger partial charge in [-0.15, -0.1) is 19.8 Å². The summed E-state index contributed by atoms with van der Waals surface area (Å²) >= 11 is 5.91. The highest BCUT2D eigenvalue weighted by atomic mass is 35.5. The second-order valence-electron chi connectivity index (χ2n) is 8.64. The molecule has 7 nitrogen and oxygen atoms in total. The van der Waals surface area contributed by atoms with Crippen LogP contribution in [0.2, 0.25) is 5.02 Å². The Hall–Kier alpha value is -3.74. The number of alkyl halides is 6. The van der Waals surface area contributed by atoms with Gasteiger partial charge in [-0.1, -0.05) is 23.2 Å². The van der Waals surface area contributed by atoms with Gasteiger partial charge in [0.2, 0.25) is 0 Å². The molecule has 1 atom stereocenters. The van der Waals surface area contributed by atoms with Crippen LogP contribution in [0.4, 0.5) is 36.8 Å². The van der Waals surface area contributed by atoms with E-state index in [1.165, 1.54) is 0 Å². The number of hydrogen-bond acceptors (Lipinski definition) is 5. The molecule has 0 spiro atoms. The number of carbonyl (C=O) groups excluding carboxylic acids is 2. The summed E-state index contributed by atoms with van der Waals surface area (Å²) in [6, 6.07) is 6.22. The number of nitrogens with zero attached hydrogens (tertiary/aromatic N) is 2. The number of benzene rings is 2. The Morgan fingerprint density at radius 1 is 1.13 bits per heavy atom. The van der Waals surface area contributed by atoms with Crippen molar-refractivity contribution in [2.24, 2.45) is 10.5 Å². The summed E-state index contributed by atoms with van der Waals surface area (Å²) in [5.41, 5.74) is -2.17. The van der Waals surface area contributed by atoms with E-state index in [-0.39, 0.29) is 36.5 Å². The lowest BCUT2D eigenvalue weighted by Crippen LogP contribution is -2.45. The summed E-state index contributed by atoms with van der Waals surface area (Å²) in [5.74, 6) is -1.30. The van der Waals surface area contributed by atoms with Crippen molar-refractivity contribution in [1.29, 1.82) is 0 Å². The van der Waals surface area contributed by atoms with Crippen LogP contribution in [0.15, 0.2) is 59.7 Å². The first-order valence-corrected chi connectivity index (χ1v) is 11.7. The van der Waals surface area contributed by atoms with Gasteiger partial charge in [0.1, 0.15) is 11.2 Å². The Bertz CT molecular complexity index is 1290. The van der Waals surface area contributed by atoms with Gasteiger partial charge in [0, 0.05) is 11.3 Å². The van der Waals surface area contributed by atoms with Crippen LogP contribution >= 0.6 is 11.6 Å². The van der Waals surface area contributed by atoms with E-state index >= 15 is 0 Å². The van der Waals surface area contributed by atoms with Gasteiger partial charge in [-0.25, -0.2) is 9.80 Å². The fourth-order valence-corrected chi connectivity index (χ4v) is 4.30. The van der Waals surface area contributed by atoms with Crippen molar-refractivity contribution in [3.8, 4) is 5.75 Å². The van der Waals surface area contributed by atoms with Gasteiger partial charge < -0.3 is 14.8 Å². The van der Waals surface area contributed by atoms with E-state index in [1.807, 2.05) is 0 Å². The van der Waals surface area contributed by atoms with Crippen LogP contribution in [0.25, 0.3) is 0 Å². The number of hydrazone groups is 1. The molecule has 0 radical (unpaired) electrons. The molecule has 210 valence electrons. The fourth-order valence-electron chi connectivity index (χ4n) is 4.01. The van der Waals surface area contributed by atoms with Crippen molar-refractivity contribution in [2.75, 3.05) is 18.5 Å². The summed E-state index contributed by atoms with van der Waals surface area (Å²) in [7, 11) is 0. The normalized spacial score (nSPS) is 17.5. The van der Waals surface area contributed by atoms with Gasteiger partial charge in [-0.05, 0) is 56.7 Å². The minimum Gasteiger partial charge on any atom is -0.465 e. The Labute approximate surface area is 224 Å². The van der Waals surface area contributed by atoms with Crippen LogP contribution in [0.3, 0.4) is 0 Å². The Morgan fingerprint density at radius 3 is 2.28 bits per heavy atom. The number of amides is 2. The molecule has 0 aromatic heterocycles. The zero-order valence-corrected chi connectivity index (χ0v) is 21.3.